The van der Waals surface area contributed by atoms with E-state index in [9.17, 15) is 13.2 Å². The molecular weight excluding hydrogens is 394 g/mol. The van der Waals surface area contributed by atoms with E-state index in [0.717, 1.165) is 31.1 Å². The Morgan fingerprint density at radius 2 is 1.92 bits per heavy atom. The molecule has 1 aliphatic rings. The normalized spacial score (nSPS) is 16.0. The van der Waals surface area contributed by atoms with Crippen molar-refractivity contribution >= 4 is 39.3 Å². The number of rotatable bonds is 8. The molecule has 0 spiro atoms. The summed E-state index contributed by atoms with van der Waals surface area (Å²) in [5, 5.41) is 3.07. The Bertz CT molecular complexity index is 718. The molecule has 9 heteroatoms. The van der Waals surface area contributed by atoms with E-state index in [-0.39, 0.29) is 21.4 Å². The molecule has 1 saturated heterocycles. The highest BCUT2D eigenvalue weighted by molar-refractivity contribution is 7.99. The lowest BCUT2D eigenvalue weighted by Gasteiger charge is -2.25. The van der Waals surface area contributed by atoms with Crippen LogP contribution in [0.3, 0.4) is 0 Å². The number of thioether (sulfide) groups is 1. The first-order valence-corrected chi connectivity index (χ1v) is 11.8. The standard InChI is InChI=1S/C17H26ClN3O3S2/c1-3-20(4-2)8-7-19-17(22)15-13-14(5-6-16(15)18)26(23,24)21-9-11-25-12-10-21/h5-6,13H,3-4,7-12H2,1-2H3,(H,19,22). The average molecular weight is 420 g/mol. The van der Waals surface area contributed by atoms with E-state index in [0.29, 0.717) is 19.6 Å². The van der Waals surface area contributed by atoms with E-state index in [4.69, 9.17) is 11.6 Å². The summed E-state index contributed by atoms with van der Waals surface area (Å²) >= 11 is 7.88. The molecule has 1 amide bonds. The molecule has 1 aromatic carbocycles. The van der Waals surface area contributed by atoms with Gasteiger partial charge in [-0.2, -0.15) is 16.1 Å². The maximum atomic E-state index is 12.8. The van der Waals surface area contributed by atoms with Crippen LogP contribution in [0.5, 0.6) is 0 Å². The predicted molar refractivity (Wildman–Crippen MR) is 108 cm³/mol. The lowest BCUT2D eigenvalue weighted by atomic mass is 10.2. The number of nitrogens with zero attached hydrogens (tertiary/aromatic N) is 2. The van der Waals surface area contributed by atoms with E-state index < -0.39 is 10.0 Å². The lowest BCUT2D eigenvalue weighted by Crippen LogP contribution is -2.38. The maximum Gasteiger partial charge on any atom is 0.252 e. The quantitative estimate of drug-likeness (QED) is 0.699. The van der Waals surface area contributed by atoms with Crippen LogP contribution in [0, 0.1) is 0 Å². The molecule has 6 nitrogen and oxygen atoms in total. The maximum absolute atomic E-state index is 12.8. The van der Waals surface area contributed by atoms with Gasteiger partial charge in [0.15, 0.2) is 0 Å². The number of benzene rings is 1. The largest absolute Gasteiger partial charge is 0.351 e. The Hall–Kier alpha value is -0.800. The van der Waals surface area contributed by atoms with Gasteiger partial charge in [-0.05, 0) is 31.3 Å². The number of hydrogen-bond donors (Lipinski definition) is 1. The first-order chi connectivity index (χ1) is 12.4. The smallest absolute Gasteiger partial charge is 0.252 e. The number of carbonyl (C=O) groups is 1. The highest BCUT2D eigenvalue weighted by atomic mass is 35.5. The van der Waals surface area contributed by atoms with Gasteiger partial charge in [-0.3, -0.25) is 4.79 Å². The molecule has 0 bridgehead atoms. The number of nitrogens with one attached hydrogen (secondary N) is 1. The fourth-order valence-electron chi connectivity index (χ4n) is 2.74. The molecule has 1 aromatic rings. The third-order valence-corrected chi connectivity index (χ3v) is 7.57. The average Bonchev–Trinajstić information content (AvgIpc) is 2.66. The van der Waals surface area contributed by atoms with Gasteiger partial charge in [0.1, 0.15) is 0 Å². The number of halogens is 1. The van der Waals surface area contributed by atoms with Crippen LogP contribution in [0.25, 0.3) is 0 Å². The van der Waals surface area contributed by atoms with Crippen LogP contribution in [0.2, 0.25) is 5.02 Å². The van der Waals surface area contributed by atoms with Crippen molar-refractivity contribution in [1.29, 1.82) is 0 Å². The van der Waals surface area contributed by atoms with Crippen molar-refractivity contribution in [3.8, 4) is 0 Å². The second-order valence-electron chi connectivity index (χ2n) is 5.94. The molecule has 146 valence electrons. The summed E-state index contributed by atoms with van der Waals surface area (Å²) in [7, 11) is -3.60. The zero-order valence-corrected chi connectivity index (χ0v) is 17.6. The second kappa shape index (κ2) is 9.94. The first-order valence-electron chi connectivity index (χ1n) is 8.78. The minimum atomic E-state index is -3.60. The fraction of sp³-hybridized carbons (Fsp3) is 0.588. The lowest BCUT2D eigenvalue weighted by molar-refractivity contribution is 0.0949. The number of hydrogen-bond acceptors (Lipinski definition) is 5. The number of carbonyl (C=O) groups excluding carboxylic acids is 1. The van der Waals surface area contributed by atoms with Crippen molar-refractivity contribution < 1.29 is 13.2 Å². The Morgan fingerprint density at radius 1 is 1.27 bits per heavy atom. The molecule has 0 aliphatic carbocycles. The highest BCUT2D eigenvalue weighted by Gasteiger charge is 2.27. The summed E-state index contributed by atoms with van der Waals surface area (Å²) in [6, 6.07) is 4.32. The van der Waals surface area contributed by atoms with Crippen LogP contribution in [-0.2, 0) is 10.0 Å². The first kappa shape index (κ1) is 21.5. The van der Waals surface area contributed by atoms with Gasteiger partial charge in [0.2, 0.25) is 10.0 Å². The SMILES string of the molecule is CCN(CC)CCNC(=O)c1cc(S(=O)(=O)N2CCSCC2)ccc1Cl. The molecule has 2 rings (SSSR count). The molecule has 1 aliphatic heterocycles. The molecule has 1 fully saturated rings. The van der Waals surface area contributed by atoms with Crippen LogP contribution < -0.4 is 5.32 Å². The minimum absolute atomic E-state index is 0.114. The van der Waals surface area contributed by atoms with Gasteiger partial charge in [0.25, 0.3) is 5.91 Å². The molecule has 0 saturated carbocycles. The van der Waals surface area contributed by atoms with E-state index >= 15 is 0 Å². The van der Waals surface area contributed by atoms with Crippen molar-refractivity contribution in [1.82, 2.24) is 14.5 Å². The van der Waals surface area contributed by atoms with Crippen molar-refractivity contribution in [2.45, 2.75) is 18.7 Å². The predicted octanol–water partition coefficient (Wildman–Crippen LogP) is 2.15. The zero-order chi connectivity index (χ0) is 19.2. The molecule has 0 radical (unpaired) electrons. The molecule has 26 heavy (non-hydrogen) atoms. The zero-order valence-electron chi connectivity index (χ0n) is 15.2. The van der Waals surface area contributed by atoms with Gasteiger partial charge in [0, 0.05) is 37.7 Å². The van der Waals surface area contributed by atoms with E-state index in [2.05, 4.69) is 24.1 Å². The van der Waals surface area contributed by atoms with Gasteiger partial charge in [-0.1, -0.05) is 25.4 Å². The Morgan fingerprint density at radius 3 is 2.54 bits per heavy atom. The summed E-state index contributed by atoms with van der Waals surface area (Å²) in [6.07, 6.45) is 0. The minimum Gasteiger partial charge on any atom is -0.351 e. The van der Waals surface area contributed by atoms with Gasteiger partial charge >= 0.3 is 0 Å². The van der Waals surface area contributed by atoms with Gasteiger partial charge < -0.3 is 10.2 Å². The van der Waals surface area contributed by atoms with Gasteiger partial charge in [0.05, 0.1) is 15.5 Å². The van der Waals surface area contributed by atoms with Gasteiger partial charge in [-0.25, -0.2) is 8.42 Å². The summed E-state index contributed by atoms with van der Waals surface area (Å²) in [6.45, 7) is 8.15. The third-order valence-electron chi connectivity index (χ3n) is 4.40. The molecule has 0 unspecified atom stereocenters. The van der Waals surface area contributed by atoms with Crippen LogP contribution in [0.1, 0.15) is 24.2 Å². The van der Waals surface area contributed by atoms with E-state index in [1.807, 2.05) is 0 Å². The molecular formula is C17H26ClN3O3S2. The van der Waals surface area contributed by atoms with Crippen molar-refractivity contribution in [3.63, 3.8) is 0 Å². The van der Waals surface area contributed by atoms with Crippen molar-refractivity contribution in [2.75, 3.05) is 50.8 Å². The molecule has 0 aromatic heterocycles. The third kappa shape index (κ3) is 5.36. The second-order valence-corrected chi connectivity index (χ2v) is 9.51. The number of sulfonamides is 1. The van der Waals surface area contributed by atoms with E-state index in [1.165, 1.54) is 22.5 Å². The summed E-state index contributed by atoms with van der Waals surface area (Å²) < 4.78 is 27.0. The summed E-state index contributed by atoms with van der Waals surface area (Å²) in [5.41, 5.74) is 0.193. The Kier molecular flexibility index (Phi) is 8.22. The number of amides is 1. The van der Waals surface area contributed by atoms with Crippen LogP contribution >= 0.6 is 23.4 Å². The topological polar surface area (TPSA) is 69.7 Å². The number of likely N-dealkylation sites (N-methyl/N-ethyl adjacent to an activating group) is 1. The summed E-state index contributed by atoms with van der Waals surface area (Å²) in [4.78, 5) is 14.8. The Labute approximate surface area is 165 Å². The van der Waals surface area contributed by atoms with Crippen LogP contribution in [0.15, 0.2) is 23.1 Å². The van der Waals surface area contributed by atoms with Crippen LogP contribution in [-0.4, -0.2) is 74.3 Å². The van der Waals surface area contributed by atoms with Crippen LogP contribution in [0.4, 0.5) is 0 Å². The Balaban J connectivity index is 2.12. The molecule has 1 heterocycles. The van der Waals surface area contributed by atoms with Crippen molar-refractivity contribution in [2.24, 2.45) is 0 Å². The summed E-state index contributed by atoms with van der Waals surface area (Å²) in [5.74, 6) is 1.21. The molecule has 1 N–H and O–H groups in total. The monoisotopic (exact) mass is 419 g/mol. The van der Waals surface area contributed by atoms with Crippen molar-refractivity contribution in [3.05, 3.63) is 28.8 Å². The van der Waals surface area contributed by atoms with Gasteiger partial charge in [-0.15, -0.1) is 0 Å². The fourth-order valence-corrected chi connectivity index (χ4v) is 5.54. The van der Waals surface area contributed by atoms with E-state index in [1.54, 1.807) is 11.8 Å². The highest BCUT2D eigenvalue weighted by Crippen LogP contribution is 2.24. The molecule has 0 atom stereocenters.